The minimum Gasteiger partial charge on any atom is -0.375 e. The lowest BCUT2D eigenvalue weighted by molar-refractivity contribution is -0.111. The Labute approximate surface area is 120 Å². The summed E-state index contributed by atoms with van der Waals surface area (Å²) in [6.45, 7) is 2.67. The van der Waals surface area contributed by atoms with Gasteiger partial charge in [0.1, 0.15) is 0 Å². The van der Waals surface area contributed by atoms with Crippen LogP contribution in [0.4, 0.5) is 0 Å². The van der Waals surface area contributed by atoms with Gasteiger partial charge in [0.15, 0.2) is 5.78 Å². The molecule has 1 aliphatic carbocycles. The maximum absolute atomic E-state index is 12.7. The fraction of sp³-hybridized carbons (Fsp3) is 0.647. The molecule has 0 amide bonds. The molecular weight excluding hydrogens is 250 g/mol. The van der Waals surface area contributed by atoms with Crippen LogP contribution in [0.2, 0.25) is 0 Å². The number of carbonyl (C=O) groups excluding carboxylic acids is 1. The number of rotatable bonds is 2. The molecule has 108 valence electrons. The highest BCUT2D eigenvalue weighted by Crippen LogP contribution is 2.41. The van der Waals surface area contributed by atoms with E-state index in [0.717, 1.165) is 43.5 Å². The van der Waals surface area contributed by atoms with Crippen LogP contribution in [0.5, 0.6) is 0 Å². The highest BCUT2D eigenvalue weighted by atomic mass is 16.5. The molecule has 3 nitrogen and oxygen atoms in total. The Hall–Kier alpha value is -1.22. The number of ketones is 1. The molecule has 1 saturated heterocycles. The van der Waals surface area contributed by atoms with Gasteiger partial charge in [-0.05, 0) is 44.7 Å². The second-order valence-corrected chi connectivity index (χ2v) is 6.33. The van der Waals surface area contributed by atoms with Crippen LogP contribution in [0.25, 0.3) is 0 Å². The van der Waals surface area contributed by atoms with Crippen molar-refractivity contribution < 1.29 is 9.53 Å². The summed E-state index contributed by atoms with van der Waals surface area (Å²) < 4.78 is 6.08. The van der Waals surface area contributed by atoms with E-state index in [2.05, 4.69) is 4.98 Å². The van der Waals surface area contributed by atoms with Gasteiger partial charge in [-0.15, -0.1) is 0 Å². The molecule has 20 heavy (non-hydrogen) atoms. The second kappa shape index (κ2) is 5.65. The van der Waals surface area contributed by atoms with Crippen molar-refractivity contribution in [1.82, 2.24) is 4.98 Å². The Morgan fingerprint density at radius 2 is 2.15 bits per heavy atom. The van der Waals surface area contributed by atoms with Crippen LogP contribution in [0, 0.1) is 12.8 Å². The molecule has 1 atom stereocenters. The monoisotopic (exact) mass is 273 g/mol. The molecule has 0 aromatic carbocycles. The Morgan fingerprint density at radius 3 is 2.90 bits per heavy atom. The molecule has 2 fully saturated rings. The van der Waals surface area contributed by atoms with Crippen LogP contribution in [-0.4, -0.2) is 23.0 Å². The first kappa shape index (κ1) is 13.7. The maximum Gasteiger partial charge on any atom is 0.166 e. The standard InChI is InChI=1S/C17H23NO2/c1-13-11-14(5-9-18-13)16(19)15-6-10-20-17(12-15)7-3-2-4-8-17/h5,9,11,15H,2-4,6-8,10,12H2,1H3. The topological polar surface area (TPSA) is 39.2 Å². The average Bonchev–Trinajstić information content (AvgIpc) is 2.47. The Bertz CT molecular complexity index is 486. The summed E-state index contributed by atoms with van der Waals surface area (Å²) >= 11 is 0. The number of nitrogens with zero attached hydrogens (tertiary/aromatic N) is 1. The van der Waals surface area contributed by atoms with Crippen molar-refractivity contribution in [2.45, 2.75) is 57.5 Å². The van der Waals surface area contributed by atoms with E-state index in [-0.39, 0.29) is 17.3 Å². The molecule has 0 radical (unpaired) electrons. The van der Waals surface area contributed by atoms with Crippen LogP contribution in [0.3, 0.4) is 0 Å². The van der Waals surface area contributed by atoms with Gasteiger partial charge in [-0.3, -0.25) is 9.78 Å². The predicted molar refractivity (Wildman–Crippen MR) is 77.8 cm³/mol. The third-order valence-electron chi connectivity index (χ3n) is 4.81. The molecule has 1 spiro atoms. The highest BCUT2D eigenvalue weighted by Gasteiger charge is 2.40. The minimum absolute atomic E-state index is 0.00109. The third-order valence-corrected chi connectivity index (χ3v) is 4.81. The van der Waals surface area contributed by atoms with E-state index in [9.17, 15) is 4.79 Å². The summed E-state index contributed by atoms with van der Waals surface area (Å²) in [6.07, 6.45) is 9.57. The van der Waals surface area contributed by atoms with Crippen LogP contribution in [-0.2, 0) is 4.74 Å². The lowest BCUT2D eigenvalue weighted by atomic mass is 9.74. The molecule has 1 aromatic rings. The van der Waals surface area contributed by atoms with Crippen molar-refractivity contribution in [3.63, 3.8) is 0 Å². The van der Waals surface area contributed by atoms with Gasteiger partial charge in [-0.1, -0.05) is 19.3 Å². The lowest BCUT2D eigenvalue weighted by Crippen LogP contribution is -2.43. The summed E-state index contributed by atoms with van der Waals surface area (Å²) in [5, 5.41) is 0. The normalized spacial score (nSPS) is 25.6. The largest absolute Gasteiger partial charge is 0.375 e. The summed E-state index contributed by atoms with van der Waals surface area (Å²) in [5.41, 5.74) is 1.73. The van der Waals surface area contributed by atoms with Gasteiger partial charge < -0.3 is 4.74 Å². The van der Waals surface area contributed by atoms with Gasteiger partial charge in [0, 0.05) is 30.0 Å². The van der Waals surface area contributed by atoms with Crippen molar-refractivity contribution in [2.24, 2.45) is 5.92 Å². The first-order chi connectivity index (χ1) is 9.69. The van der Waals surface area contributed by atoms with Crippen molar-refractivity contribution in [3.8, 4) is 0 Å². The van der Waals surface area contributed by atoms with Crippen LogP contribution >= 0.6 is 0 Å². The first-order valence-electron chi connectivity index (χ1n) is 7.79. The number of ether oxygens (including phenoxy) is 1. The van der Waals surface area contributed by atoms with E-state index >= 15 is 0 Å². The number of aromatic nitrogens is 1. The quantitative estimate of drug-likeness (QED) is 0.771. The van der Waals surface area contributed by atoms with Crippen molar-refractivity contribution >= 4 is 5.78 Å². The van der Waals surface area contributed by atoms with Crippen molar-refractivity contribution in [1.29, 1.82) is 0 Å². The van der Waals surface area contributed by atoms with Crippen LogP contribution in [0.15, 0.2) is 18.3 Å². The van der Waals surface area contributed by atoms with E-state index in [4.69, 9.17) is 4.74 Å². The molecule has 1 aliphatic heterocycles. The fourth-order valence-corrected chi connectivity index (χ4v) is 3.73. The Morgan fingerprint density at radius 1 is 1.35 bits per heavy atom. The van der Waals surface area contributed by atoms with Crippen molar-refractivity contribution in [3.05, 3.63) is 29.6 Å². The molecule has 2 heterocycles. The zero-order chi connectivity index (χ0) is 14.0. The second-order valence-electron chi connectivity index (χ2n) is 6.33. The SMILES string of the molecule is Cc1cc(C(=O)C2CCOC3(CCCCC3)C2)ccn1. The molecule has 0 bridgehead atoms. The number of aryl methyl sites for hydroxylation is 1. The number of carbonyl (C=O) groups is 1. The average molecular weight is 273 g/mol. The summed E-state index contributed by atoms with van der Waals surface area (Å²) in [6, 6.07) is 3.75. The molecule has 3 rings (SSSR count). The zero-order valence-corrected chi connectivity index (χ0v) is 12.2. The molecule has 1 unspecified atom stereocenters. The van der Waals surface area contributed by atoms with E-state index in [1.807, 2.05) is 19.1 Å². The van der Waals surface area contributed by atoms with E-state index < -0.39 is 0 Å². The van der Waals surface area contributed by atoms with Crippen LogP contribution in [0.1, 0.15) is 61.0 Å². The molecule has 1 aromatic heterocycles. The number of pyridine rings is 1. The zero-order valence-electron chi connectivity index (χ0n) is 12.2. The van der Waals surface area contributed by atoms with Gasteiger partial charge in [-0.2, -0.15) is 0 Å². The minimum atomic E-state index is -0.00109. The number of Topliss-reactive ketones (excluding diaryl/α,β-unsaturated/α-hetero) is 1. The molecule has 2 aliphatic rings. The summed E-state index contributed by atoms with van der Waals surface area (Å²) in [5.74, 6) is 0.410. The molecular formula is C17H23NO2. The third kappa shape index (κ3) is 2.78. The van der Waals surface area contributed by atoms with Gasteiger partial charge in [0.2, 0.25) is 0 Å². The summed E-state index contributed by atoms with van der Waals surface area (Å²) in [7, 11) is 0. The number of hydrogen-bond donors (Lipinski definition) is 0. The highest BCUT2D eigenvalue weighted by molar-refractivity contribution is 5.98. The Balaban J connectivity index is 1.74. The molecule has 1 saturated carbocycles. The maximum atomic E-state index is 12.7. The fourth-order valence-electron chi connectivity index (χ4n) is 3.73. The summed E-state index contributed by atoms with van der Waals surface area (Å²) in [4.78, 5) is 16.9. The predicted octanol–water partition coefficient (Wildman–Crippen LogP) is 3.70. The van der Waals surface area contributed by atoms with Crippen molar-refractivity contribution in [2.75, 3.05) is 6.61 Å². The van der Waals surface area contributed by atoms with E-state index in [1.54, 1.807) is 6.20 Å². The van der Waals surface area contributed by atoms with Gasteiger partial charge in [-0.25, -0.2) is 0 Å². The van der Waals surface area contributed by atoms with E-state index in [0.29, 0.717) is 0 Å². The molecule has 3 heteroatoms. The van der Waals surface area contributed by atoms with Gasteiger partial charge in [0.25, 0.3) is 0 Å². The number of hydrogen-bond acceptors (Lipinski definition) is 3. The lowest BCUT2D eigenvalue weighted by Gasteiger charge is -2.43. The van der Waals surface area contributed by atoms with E-state index in [1.165, 1.54) is 19.3 Å². The Kier molecular flexibility index (Phi) is 3.88. The molecule has 0 N–H and O–H groups in total. The van der Waals surface area contributed by atoms with Gasteiger partial charge in [0.05, 0.1) is 5.60 Å². The smallest absolute Gasteiger partial charge is 0.166 e. The van der Waals surface area contributed by atoms with Gasteiger partial charge >= 0.3 is 0 Å². The van der Waals surface area contributed by atoms with Crippen LogP contribution < -0.4 is 0 Å². The first-order valence-corrected chi connectivity index (χ1v) is 7.79.